The second kappa shape index (κ2) is 13.0. The third-order valence-electron chi connectivity index (χ3n) is 10.0. The summed E-state index contributed by atoms with van der Waals surface area (Å²) in [6.07, 6.45) is 9.97. The fraction of sp³-hybridized carbons (Fsp3) is 0.600. The van der Waals surface area contributed by atoms with E-state index in [0.717, 1.165) is 29.6 Å². The maximum Gasteiger partial charge on any atom is 0.244 e. The fourth-order valence-corrected chi connectivity index (χ4v) is 9.23. The average molecular weight is 608 g/mol. The summed E-state index contributed by atoms with van der Waals surface area (Å²) < 4.78 is 27.4. The van der Waals surface area contributed by atoms with E-state index in [1.54, 1.807) is 4.90 Å². The molecule has 0 aromatic heterocycles. The Kier molecular flexibility index (Phi) is 9.55. The summed E-state index contributed by atoms with van der Waals surface area (Å²) in [7, 11) is -3.76. The van der Waals surface area contributed by atoms with E-state index in [-0.39, 0.29) is 29.7 Å². The van der Waals surface area contributed by atoms with Crippen molar-refractivity contribution < 1.29 is 18.0 Å². The predicted octanol–water partition coefficient (Wildman–Crippen LogP) is 5.54. The number of hydrogen-bond acceptors (Lipinski definition) is 4. The molecule has 2 aromatic rings. The van der Waals surface area contributed by atoms with E-state index in [2.05, 4.69) is 17.4 Å². The summed E-state index contributed by atoms with van der Waals surface area (Å²) in [6, 6.07) is 17.1. The summed E-state index contributed by atoms with van der Waals surface area (Å²) in [6.45, 7) is 6.43. The molecule has 4 aliphatic rings. The van der Waals surface area contributed by atoms with Gasteiger partial charge in [0.2, 0.25) is 21.8 Å². The molecule has 6 rings (SSSR count). The number of nitrogens with one attached hydrogen (secondary N) is 1. The first-order chi connectivity index (χ1) is 20.5. The first-order valence-corrected chi connectivity index (χ1v) is 18.0. The normalized spacial score (nSPS) is 25.0. The molecule has 8 heteroatoms. The number of anilines is 1. The lowest BCUT2D eigenvalue weighted by molar-refractivity contribution is -0.139. The molecular formula is C35H49N3O4S. The van der Waals surface area contributed by atoms with Crippen molar-refractivity contribution in [3.8, 4) is 0 Å². The molecular weight excluding hydrogens is 558 g/mol. The molecule has 1 atom stereocenters. The molecule has 0 aliphatic heterocycles. The molecule has 4 aliphatic carbocycles. The number of carbonyl (C=O) groups is 2. The van der Waals surface area contributed by atoms with Crippen molar-refractivity contribution in [2.24, 2.45) is 23.7 Å². The number of amides is 2. The van der Waals surface area contributed by atoms with Crippen LogP contribution in [-0.4, -0.2) is 57.1 Å². The van der Waals surface area contributed by atoms with Gasteiger partial charge in [-0.25, -0.2) is 8.42 Å². The van der Waals surface area contributed by atoms with Gasteiger partial charge in [0.15, 0.2) is 0 Å². The summed E-state index contributed by atoms with van der Waals surface area (Å²) >= 11 is 0. The number of hydrogen-bond donors (Lipinski definition) is 1. The predicted molar refractivity (Wildman–Crippen MR) is 172 cm³/mol. The highest BCUT2D eigenvalue weighted by Crippen LogP contribution is 2.60. The van der Waals surface area contributed by atoms with Crippen molar-refractivity contribution >= 4 is 27.5 Å². The Bertz CT molecular complexity index is 1340. The minimum Gasteiger partial charge on any atom is -0.354 e. The minimum atomic E-state index is -3.76. The quantitative estimate of drug-likeness (QED) is 0.324. The van der Waals surface area contributed by atoms with Crippen LogP contribution in [0.15, 0.2) is 54.6 Å². The topological polar surface area (TPSA) is 86.8 Å². The molecule has 4 fully saturated rings. The lowest BCUT2D eigenvalue weighted by Crippen LogP contribution is -2.53. The highest BCUT2D eigenvalue weighted by molar-refractivity contribution is 7.92. The molecule has 234 valence electrons. The third kappa shape index (κ3) is 7.27. The third-order valence-corrected chi connectivity index (χ3v) is 11.2. The van der Waals surface area contributed by atoms with Gasteiger partial charge in [-0.3, -0.25) is 13.9 Å². The Morgan fingerprint density at radius 1 is 0.930 bits per heavy atom. The van der Waals surface area contributed by atoms with Gasteiger partial charge >= 0.3 is 0 Å². The van der Waals surface area contributed by atoms with Crippen LogP contribution < -0.4 is 9.62 Å². The Balaban J connectivity index is 1.37. The molecule has 0 saturated heterocycles. The molecule has 2 aromatic carbocycles. The molecule has 0 spiro atoms. The van der Waals surface area contributed by atoms with Crippen molar-refractivity contribution in [1.29, 1.82) is 0 Å². The maximum absolute atomic E-state index is 14.0. The summed E-state index contributed by atoms with van der Waals surface area (Å²) in [5, 5.41) is 2.98. The molecule has 0 radical (unpaired) electrons. The molecule has 1 N–H and O–H groups in total. The zero-order valence-electron chi connectivity index (χ0n) is 26.3. The molecule has 4 saturated carbocycles. The van der Waals surface area contributed by atoms with E-state index < -0.39 is 16.1 Å². The monoisotopic (exact) mass is 607 g/mol. The van der Waals surface area contributed by atoms with Crippen molar-refractivity contribution in [3.05, 3.63) is 65.7 Å². The first kappa shape index (κ1) is 31.6. The minimum absolute atomic E-state index is 0.205. The summed E-state index contributed by atoms with van der Waals surface area (Å²) in [4.78, 5) is 28.8. The first-order valence-electron chi connectivity index (χ1n) is 16.2. The number of benzene rings is 2. The summed E-state index contributed by atoms with van der Waals surface area (Å²) in [5.41, 5.74) is 3.07. The van der Waals surface area contributed by atoms with Crippen LogP contribution in [0.4, 0.5) is 5.69 Å². The van der Waals surface area contributed by atoms with E-state index in [0.29, 0.717) is 31.6 Å². The second-order valence-electron chi connectivity index (χ2n) is 13.9. The van der Waals surface area contributed by atoms with Crippen LogP contribution in [0.5, 0.6) is 0 Å². The molecule has 0 heterocycles. The highest BCUT2D eigenvalue weighted by atomic mass is 32.2. The highest BCUT2D eigenvalue weighted by Gasteiger charge is 2.51. The molecule has 4 bridgehead atoms. The van der Waals surface area contributed by atoms with Gasteiger partial charge in [0.1, 0.15) is 12.6 Å². The Hall–Kier alpha value is -2.87. The van der Waals surface area contributed by atoms with Crippen molar-refractivity contribution in [1.82, 2.24) is 10.2 Å². The largest absolute Gasteiger partial charge is 0.354 e. The fourth-order valence-electron chi connectivity index (χ4n) is 8.38. The second-order valence-corrected chi connectivity index (χ2v) is 15.8. The molecule has 43 heavy (non-hydrogen) atoms. The van der Waals surface area contributed by atoms with Gasteiger partial charge in [-0.2, -0.15) is 0 Å². The Morgan fingerprint density at radius 2 is 1.51 bits per heavy atom. The van der Waals surface area contributed by atoms with E-state index in [1.807, 2.05) is 63.2 Å². The van der Waals surface area contributed by atoms with Crippen LogP contribution >= 0.6 is 0 Å². The lowest BCUT2D eigenvalue weighted by atomic mass is 9.48. The van der Waals surface area contributed by atoms with Gasteiger partial charge in [-0.15, -0.1) is 0 Å². The van der Waals surface area contributed by atoms with Crippen LogP contribution in [0.1, 0.15) is 76.8 Å². The van der Waals surface area contributed by atoms with Crippen LogP contribution in [0, 0.1) is 23.7 Å². The number of nitrogens with zero attached hydrogens (tertiary/aromatic N) is 2. The van der Waals surface area contributed by atoms with Gasteiger partial charge in [-0.05, 0) is 104 Å². The maximum atomic E-state index is 14.0. The van der Waals surface area contributed by atoms with Crippen molar-refractivity contribution in [3.63, 3.8) is 0 Å². The van der Waals surface area contributed by atoms with Crippen LogP contribution in [0.2, 0.25) is 0 Å². The van der Waals surface area contributed by atoms with Crippen LogP contribution in [0.25, 0.3) is 0 Å². The van der Waals surface area contributed by atoms with Gasteiger partial charge in [-0.1, -0.05) is 63.2 Å². The van der Waals surface area contributed by atoms with Crippen LogP contribution in [-0.2, 0) is 31.4 Å². The Labute approximate surface area is 258 Å². The SMILES string of the molecule is CC[C@@H](C(=O)NCC(C)C)N(CCc1ccccc1)C(=O)CN(c1ccc(C23CC4CC(CC(C4)C2)C3)cc1)S(C)(=O)=O. The smallest absolute Gasteiger partial charge is 0.244 e. The van der Waals surface area contributed by atoms with Gasteiger partial charge < -0.3 is 10.2 Å². The van der Waals surface area contributed by atoms with E-state index in [4.69, 9.17) is 0 Å². The molecule has 2 amide bonds. The zero-order chi connectivity index (χ0) is 30.8. The van der Waals surface area contributed by atoms with E-state index in [1.165, 1.54) is 48.4 Å². The van der Waals surface area contributed by atoms with Crippen molar-refractivity contribution in [2.45, 2.75) is 83.6 Å². The van der Waals surface area contributed by atoms with Crippen LogP contribution in [0.3, 0.4) is 0 Å². The average Bonchev–Trinajstić information content (AvgIpc) is 2.96. The lowest BCUT2D eigenvalue weighted by Gasteiger charge is -2.57. The van der Waals surface area contributed by atoms with E-state index >= 15 is 0 Å². The van der Waals surface area contributed by atoms with Gasteiger partial charge in [0.05, 0.1) is 11.9 Å². The standard InChI is InChI=1S/C35H49N3O4S/c1-5-32(34(40)36-23-25(2)3)37(16-15-26-9-7-6-8-10-26)33(39)24-38(43(4,41)42)31-13-11-30(12-14-31)35-20-27-17-28(21-35)19-29(18-27)22-35/h6-14,25,27-29,32H,5,15-24H2,1-4H3,(H,36,40)/t27?,28?,29?,32-,35?/m0/s1. The van der Waals surface area contributed by atoms with E-state index in [9.17, 15) is 18.0 Å². The number of rotatable bonds is 13. The van der Waals surface area contributed by atoms with Gasteiger partial charge in [0, 0.05) is 13.1 Å². The Morgan fingerprint density at radius 3 is 2.02 bits per heavy atom. The zero-order valence-corrected chi connectivity index (χ0v) is 27.1. The van der Waals surface area contributed by atoms with Gasteiger partial charge in [0.25, 0.3) is 0 Å². The number of carbonyl (C=O) groups excluding carboxylic acids is 2. The number of sulfonamides is 1. The molecule has 7 nitrogen and oxygen atoms in total. The summed E-state index contributed by atoms with van der Waals surface area (Å²) in [5.74, 6) is 2.16. The van der Waals surface area contributed by atoms with Crippen molar-refractivity contribution in [2.75, 3.05) is 30.2 Å². The molecule has 0 unspecified atom stereocenters.